The van der Waals surface area contributed by atoms with Crippen molar-refractivity contribution in [1.82, 2.24) is 20.9 Å². The number of rotatable bonds is 14. The molecule has 0 aromatic heterocycles. The van der Waals surface area contributed by atoms with Crippen LogP contribution in [0.4, 0.5) is 4.79 Å². The second-order valence-electron chi connectivity index (χ2n) is 15.6. The first-order valence-corrected chi connectivity index (χ1v) is 19.6. The number of amides is 5. The van der Waals surface area contributed by atoms with Gasteiger partial charge in [0, 0.05) is 12.6 Å². The Kier molecular flexibility index (Phi) is 11.1. The largest absolute Gasteiger partial charge is 0.363 e. The predicted octanol–water partition coefficient (Wildman–Crippen LogP) is 2.95. The van der Waals surface area contributed by atoms with E-state index in [0.29, 0.717) is 13.0 Å². The molecule has 1 aromatic carbocycles. The molecule has 1 aromatic rings. The second kappa shape index (κ2) is 14.8. The molecule has 0 spiro atoms. The van der Waals surface area contributed by atoms with Gasteiger partial charge in [-0.25, -0.2) is 13.2 Å². The summed E-state index contributed by atoms with van der Waals surface area (Å²) >= 11 is 0. The number of ketones is 1. The van der Waals surface area contributed by atoms with E-state index in [1.165, 1.54) is 12.1 Å². The third kappa shape index (κ3) is 8.13. The van der Waals surface area contributed by atoms with Crippen LogP contribution in [0.1, 0.15) is 85.5 Å². The highest BCUT2D eigenvalue weighted by Crippen LogP contribution is 2.65. The molecule has 4 fully saturated rings. The van der Waals surface area contributed by atoms with Crippen molar-refractivity contribution in [2.75, 3.05) is 12.3 Å². The number of benzene rings is 1. The molecule has 1 heterocycles. The third-order valence-electron chi connectivity index (χ3n) is 11.7. The van der Waals surface area contributed by atoms with E-state index in [0.717, 1.165) is 51.4 Å². The minimum Gasteiger partial charge on any atom is -0.363 e. The van der Waals surface area contributed by atoms with E-state index in [9.17, 15) is 32.4 Å². The van der Waals surface area contributed by atoms with Gasteiger partial charge in [0.2, 0.25) is 17.6 Å². The third-order valence-corrected chi connectivity index (χ3v) is 13.5. The van der Waals surface area contributed by atoms with E-state index < -0.39 is 57.6 Å². The number of Topliss-reactive ketones (excluding diaryl/α,β-unsaturated/α-hetero) is 1. The summed E-state index contributed by atoms with van der Waals surface area (Å²) in [6.45, 7) is 8.12. The number of carbonyl (C=O) groups is 5. The Morgan fingerprint density at radius 2 is 1.57 bits per heavy atom. The van der Waals surface area contributed by atoms with E-state index in [1.54, 1.807) is 23.1 Å². The fourth-order valence-electron chi connectivity index (χ4n) is 8.28. The summed E-state index contributed by atoms with van der Waals surface area (Å²) < 4.78 is 26.4. The van der Waals surface area contributed by atoms with Crippen LogP contribution in [0.25, 0.3) is 0 Å². The topological polar surface area (TPSA) is 185 Å². The number of piperidine rings is 1. The molecule has 12 nitrogen and oxygen atoms in total. The molecule has 0 radical (unpaired) electrons. The summed E-state index contributed by atoms with van der Waals surface area (Å²) in [4.78, 5) is 68.6. The molecule has 3 saturated carbocycles. The highest BCUT2D eigenvalue weighted by Gasteiger charge is 2.69. The lowest BCUT2D eigenvalue weighted by Gasteiger charge is -2.37. The molecule has 13 heteroatoms. The monoisotopic (exact) mass is 699 g/mol. The van der Waals surface area contributed by atoms with Gasteiger partial charge in [0.1, 0.15) is 12.1 Å². The highest BCUT2D eigenvalue weighted by molar-refractivity contribution is 7.91. The van der Waals surface area contributed by atoms with Gasteiger partial charge in [0.15, 0.2) is 9.84 Å². The van der Waals surface area contributed by atoms with Crippen molar-refractivity contribution in [3.63, 3.8) is 0 Å². The molecule has 1 unspecified atom stereocenters. The number of nitrogens with zero attached hydrogens (tertiary/aromatic N) is 1. The van der Waals surface area contributed by atoms with Crippen LogP contribution in [0.2, 0.25) is 0 Å². The number of fused-ring (bicyclic) bond motifs is 1. The SMILES string of the molecule is CC(C)[C@@H](CS(=O)(=O)c1ccccc1)NC(=O)N[C@H](C(=O)N1C[C@H]2[C@@H]([C@H]1C(=O)NC(CC1CCC1)C(=O)C(N)=O)C2(C)C)C1CCCCC1. The van der Waals surface area contributed by atoms with Crippen molar-refractivity contribution >= 4 is 39.4 Å². The van der Waals surface area contributed by atoms with Gasteiger partial charge >= 0.3 is 6.03 Å². The maximum absolute atomic E-state index is 14.5. The van der Waals surface area contributed by atoms with Gasteiger partial charge in [-0.3, -0.25) is 19.2 Å². The number of likely N-dealkylation sites (tertiary alicyclic amines) is 1. The fourth-order valence-corrected chi connectivity index (χ4v) is 9.98. The number of urea groups is 1. The van der Waals surface area contributed by atoms with E-state index in [1.807, 2.05) is 13.8 Å². The van der Waals surface area contributed by atoms with Gasteiger partial charge in [-0.15, -0.1) is 0 Å². The number of sulfone groups is 1. The highest BCUT2D eigenvalue weighted by atomic mass is 32.2. The van der Waals surface area contributed by atoms with Crippen LogP contribution in [-0.4, -0.2) is 79.3 Å². The van der Waals surface area contributed by atoms with E-state index in [-0.39, 0.29) is 51.6 Å². The lowest BCUT2D eigenvalue weighted by molar-refractivity contribution is -0.144. The minimum absolute atomic E-state index is 0.0680. The van der Waals surface area contributed by atoms with Crippen LogP contribution < -0.4 is 21.7 Å². The summed E-state index contributed by atoms with van der Waals surface area (Å²) in [6, 6.07) is 3.90. The van der Waals surface area contributed by atoms with Crippen molar-refractivity contribution in [1.29, 1.82) is 0 Å². The Morgan fingerprint density at radius 1 is 0.918 bits per heavy atom. The summed E-state index contributed by atoms with van der Waals surface area (Å²) in [5, 5.41) is 8.57. The Balaban J connectivity index is 1.34. The van der Waals surface area contributed by atoms with E-state index in [4.69, 9.17) is 5.73 Å². The van der Waals surface area contributed by atoms with Crippen molar-refractivity contribution in [2.24, 2.45) is 40.7 Å². The number of hydrogen-bond acceptors (Lipinski definition) is 7. The zero-order valence-electron chi connectivity index (χ0n) is 29.2. The van der Waals surface area contributed by atoms with Crippen molar-refractivity contribution < 1.29 is 32.4 Å². The summed E-state index contributed by atoms with van der Waals surface area (Å²) in [5.74, 6) is -3.31. The molecule has 4 aliphatic rings. The van der Waals surface area contributed by atoms with E-state index in [2.05, 4.69) is 29.8 Å². The Hall–Kier alpha value is -3.48. The first-order chi connectivity index (χ1) is 23.1. The molecule has 6 atom stereocenters. The molecule has 49 heavy (non-hydrogen) atoms. The lowest BCUT2D eigenvalue weighted by Crippen LogP contribution is -2.61. The quantitative estimate of drug-likeness (QED) is 0.215. The van der Waals surface area contributed by atoms with Crippen LogP contribution in [0, 0.1) is 35.0 Å². The maximum atomic E-state index is 14.5. The number of nitrogens with one attached hydrogen (secondary N) is 3. The Labute approximate surface area is 290 Å². The Bertz CT molecular complexity index is 1520. The van der Waals surface area contributed by atoms with Crippen LogP contribution >= 0.6 is 0 Å². The van der Waals surface area contributed by atoms with Crippen molar-refractivity contribution in [2.45, 2.75) is 115 Å². The average Bonchev–Trinajstić information content (AvgIpc) is 3.35. The molecule has 5 rings (SSSR count). The van der Waals surface area contributed by atoms with Gasteiger partial charge in [-0.05, 0) is 66.4 Å². The normalized spacial score (nSPS) is 25.3. The van der Waals surface area contributed by atoms with Gasteiger partial charge in [0.25, 0.3) is 5.91 Å². The van der Waals surface area contributed by atoms with Crippen LogP contribution in [0.15, 0.2) is 35.2 Å². The van der Waals surface area contributed by atoms with Gasteiger partial charge in [-0.2, -0.15) is 0 Å². The van der Waals surface area contributed by atoms with Crippen molar-refractivity contribution in [3.05, 3.63) is 30.3 Å². The first kappa shape index (κ1) is 36.8. The first-order valence-electron chi connectivity index (χ1n) is 17.9. The lowest BCUT2D eigenvalue weighted by atomic mass is 9.80. The predicted molar refractivity (Wildman–Crippen MR) is 184 cm³/mol. The standard InChI is InChI=1S/C36H53N5O7S/c1-21(2)27(20-49(47,48)24-16-9-6-10-17-24)39-35(46)40-29(23-14-7-5-8-15-23)34(45)41-19-25-28(36(25,3)4)30(41)33(44)38-26(31(42)32(37)43)18-22-12-11-13-22/h6,9-10,16-17,21-23,25-30H,5,7-8,11-15,18-20H2,1-4H3,(H2,37,43)(H,38,44)(H2,39,40,46)/t25-,26?,27+,28-,29-,30-/m0/s1. The second-order valence-corrected chi connectivity index (χ2v) is 17.7. The number of hydrogen-bond donors (Lipinski definition) is 4. The molecule has 3 aliphatic carbocycles. The minimum atomic E-state index is -3.70. The molecule has 5 amide bonds. The molecule has 1 aliphatic heterocycles. The number of primary amides is 1. The number of nitrogens with two attached hydrogens (primary N) is 1. The molecular formula is C36H53N5O7S. The van der Waals surface area contributed by atoms with Crippen LogP contribution in [-0.2, 0) is 29.0 Å². The zero-order valence-corrected chi connectivity index (χ0v) is 30.0. The fraction of sp³-hybridized carbons (Fsp3) is 0.694. The van der Waals surface area contributed by atoms with Crippen LogP contribution in [0.5, 0.6) is 0 Å². The molecule has 5 N–H and O–H groups in total. The summed E-state index contributed by atoms with van der Waals surface area (Å²) in [6.07, 6.45) is 7.48. The van der Waals surface area contributed by atoms with E-state index >= 15 is 0 Å². The Morgan fingerprint density at radius 3 is 2.14 bits per heavy atom. The van der Waals surface area contributed by atoms with Gasteiger partial charge in [-0.1, -0.05) is 84.4 Å². The van der Waals surface area contributed by atoms with Gasteiger partial charge in [0.05, 0.1) is 16.7 Å². The van der Waals surface area contributed by atoms with Crippen LogP contribution in [0.3, 0.4) is 0 Å². The van der Waals surface area contributed by atoms with Gasteiger partial charge < -0.3 is 26.6 Å². The zero-order chi connectivity index (χ0) is 35.7. The van der Waals surface area contributed by atoms with Crippen molar-refractivity contribution in [3.8, 4) is 0 Å². The molecule has 0 bridgehead atoms. The molecular weight excluding hydrogens is 646 g/mol. The maximum Gasteiger partial charge on any atom is 0.315 e. The smallest absolute Gasteiger partial charge is 0.315 e. The summed E-state index contributed by atoms with van der Waals surface area (Å²) in [5.41, 5.74) is 5.16. The summed E-state index contributed by atoms with van der Waals surface area (Å²) in [7, 11) is -3.70. The molecule has 270 valence electrons. The molecule has 1 saturated heterocycles. The number of carbonyl (C=O) groups excluding carboxylic acids is 5. The average molecular weight is 700 g/mol.